The van der Waals surface area contributed by atoms with Crippen LogP contribution < -0.4 is 11.0 Å². The predicted molar refractivity (Wildman–Crippen MR) is 133 cm³/mol. The van der Waals surface area contributed by atoms with Crippen molar-refractivity contribution in [2.75, 3.05) is 0 Å². The van der Waals surface area contributed by atoms with Gasteiger partial charge in [0.25, 0.3) is 5.91 Å². The largest absolute Gasteiger partial charge is 0.507 e. The summed E-state index contributed by atoms with van der Waals surface area (Å²) in [6.45, 7) is 0. The second-order valence-corrected chi connectivity index (χ2v) is 8.75. The van der Waals surface area contributed by atoms with Crippen LogP contribution in [-0.4, -0.2) is 16.0 Å². The van der Waals surface area contributed by atoms with Gasteiger partial charge in [0, 0.05) is 5.39 Å². The number of phenolic OH excluding ortho intramolecular Hbond substituents is 1. The summed E-state index contributed by atoms with van der Waals surface area (Å²) in [6, 6.07) is 28.2. The summed E-state index contributed by atoms with van der Waals surface area (Å²) in [6.07, 6.45) is 0. The van der Waals surface area contributed by atoms with Crippen LogP contribution in [-0.2, 0) is 0 Å². The predicted octanol–water partition coefficient (Wildman–Crippen LogP) is 5.81. The minimum Gasteiger partial charge on any atom is -0.507 e. The fraction of sp³-hybridized carbons (Fsp3) is 0. The number of benzene rings is 4. The lowest BCUT2D eigenvalue weighted by molar-refractivity contribution is 0.0949. The molecule has 0 fully saturated rings. The van der Waals surface area contributed by atoms with Gasteiger partial charge in [0.1, 0.15) is 16.3 Å². The Balaban J connectivity index is 1.56. The number of nitrogens with one attached hydrogen (secondary N) is 1. The van der Waals surface area contributed by atoms with Crippen LogP contribution in [0.5, 0.6) is 5.75 Å². The first-order valence-electron chi connectivity index (χ1n) is 10.6. The van der Waals surface area contributed by atoms with Gasteiger partial charge in [-0.1, -0.05) is 54.6 Å². The number of hydrogen-bond donors (Lipinski definition) is 2. The van der Waals surface area contributed by atoms with Crippen LogP contribution in [0.2, 0.25) is 0 Å². The third-order valence-corrected chi connectivity index (χ3v) is 6.66. The van der Waals surface area contributed by atoms with Crippen LogP contribution in [0.1, 0.15) is 10.4 Å². The summed E-state index contributed by atoms with van der Waals surface area (Å²) in [4.78, 5) is 17.4. The average molecular weight is 464 g/mol. The van der Waals surface area contributed by atoms with Crippen molar-refractivity contribution in [1.82, 2.24) is 10.4 Å². The van der Waals surface area contributed by atoms with Crippen molar-refractivity contribution in [3.8, 4) is 16.3 Å². The molecule has 0 saturated carbocycles. The average Bonchev–Trinajstić information content (AvgIpc) is 3.31. The van der Waals surface area contributed by atoms with Gasteiger partial charge < -0.3 is 9.52 Å². The van der Waals surface area contributed by atoms with Crippen molar-refractivity contribution >= 4 is 49.2 Å². The van der Waals surface area contributed by atoms with Gasteiger partial charge in [-0.3, -0.25) is 4.79 Å². The number of thiazole rings is 1. The Morgan fingerprint density at radius 2 is 1.71 bits per heavy atom. The molecule has 164 valence electrons. The second kappa shape index (κ2) is 8.13. The van der Waals surface area contributed by atoms with Gasteiger partial charge >= 0.3 is 0 Å². The highest BCUT2D eigenvalue weighted by atomic mass is 32.1. The smallest absolute Gasteiger partial charge is 0.275 e. The SMILES string of the molecule is O=C(N/N=c1/oc2ccc3ccccc3c2cc1-c1nc2ccccc2s1)c1ccccc1O. The maximum atomic E-state index is 12.6. The molecule has 2 heterocycles. The Morgan fingerprint density at radius 3 is 2.59 bits per heavy atom. The molecule has 0 saturated heterocycles. The summed E-state index contributed by atoms with van der Waals surface area (Å²) < 4.78 is 7.23. The zero-order valence-electron chi connectivity index (χ0n) is 17.7. The van der Waals surface area contributed by atoms with E-state index in [-0.39, 0.29) is 16.9 Å². The van der Waals surface area contributed by atoms with Crippen LogP contribution in [0, 0.1) is 0 Å². The molecular weight excluding hydrogens is 446 g/mol. The maximum absolute atomic E-state index is 12.6. The van der Waals surface area contributed by atoms with Gasteiger partial charge in [-0.15, -0.1) is 16.4 Å². The molecule has 4 aromatic carbocycles. The minimum atomic E-state index is -0.540. The molecule has 0 spiro atoms. The number of para-hydroxylation sites is 2. The molecule has 1 amide bonds. The number of rotatable bonds is 3. The molecule has 0 aliphatic heterocycles. The number of carbonyl (C=O) groups excluding carboxylic acids is 1. The number of fused-ring (bicyclic) bond motifs is 4. The van der Waals surface area contributed by atoms with E-state index in [4.69, 9.17) is 9.40 Å². The standard InChI is InChI=1S/C27H17N3O3S/c31-22-11-5-3-9-18(22)25(32)29-30-26-20(27-28-21-10-4-6-12-24(21)34-27)15-19-17-8-2-1-7-16(17)13-14-23(19)33-26/h1-15,31H,(H,29,32)/b30-26+. The van der Waals surface area contributed by atoms with Crippen LogP contribution in [0.25, 0.3) is 42.5 Å². The molecule has 34 heavy (non-hydrogen) atoms. The molecule has 6 nitrogen and oxygen atoms in total. The highest BCUT2D eigenvalue weighted by Crippen LogP contribution is 2.32. The third kappa shape index (κ3) is 3.48. The zero-order valence-corrected chi connectivity index (χ0v) is 18.5. The Bertz CT molecular complexity index is 1750. The number of hydrogen-bond acceptors (Lipinski definition) is 6. The van der Waals surface area contributed by atoms with Crippen molar-refractivity contribution in [2.45, 2.75) is 0 Å². The molecule has 0 radical (unpaired) electrons. The first-order chi connectivity index (χ1) is 16.7. The number of aromatic hydroxyl groups is 1. The lowest BCUT2D eigenvalue weighted by Crippen LogP contribution is -2.22. The van der Waals surface area contributed by atoms with Gasteiger partial charge in [-0.25, -0.2) is 10.4 Å². The zero-order chi connectivity index (χ0) is 23.1. The monoisotopic (exact) mass is 463 g/mol. The number of amides is 1. The molecule has 0 unspecified atom stereocenters. The summed E-state index contributed by atoms with van der Waals surface area (Å²) in [5, 5.41) is 18.1. The van der Waals surface area contributed by atoms with Gasteiger partial charge in [-0.2, -0.15) is 0 Å². The van der Waals surface area contributed by atoms with Crippen molar-refractivity contribution in [3.63, 3.8) is 0 Å². The molecule has 6 aromatic rings. The van der Waals surface area contributed by atoms with E-state index >= 15 is 0 Å². The van der Waals surface area contributed by atoms with Crippen LogP contribution in [0.3, 0.4) is 0 Å². The molecule has 2 N–H and O–H groups in total. The first kappa shape index (κ1) is 20.1. The van der Waals surface area contributed by atoms with Gasteiger partial charge in [0.15, 0.2) is 0 Å². The number of phenols is 1. The summed E-state index contributed by atoms with van der Waals surface area (Å²) in [5.41, 5.74) is 5.05. The Morgan fingerprint density at radius 1 is 0.912 bits per heavy atom. The Kier molecular flexibility index (Phi) is 4.82. The van der Waals surface area contributed by atoms with Crippen LogP contribution >= 0.6 is 11.3 Å². The molecule has 0 bridgehead atoms. The molecular formula is C27H17N3O3S. The normalized spacial score (nSPS) is 11.9. The molecule has 7 heteroatoms. The lowest BCUT2D eigenvalue weighted by atomic mass is 10.0. The fourth-order valence-electron chi connectivity index (χ4n) is 3.93. The summed E-state index contributed by atoms with van der Waals surface area (Å²) >= 11 is 1.53. The number of nitrogens with zero attached hydrogens (tertiary/aromatic N) is 2. The highest BCUT2D eigenvalue weighted by Gasteiger charge is 2.15. The van der Waals surface area contributed by atoms with Crippen LogP contribution in [0.15, 0.2) is 101 Å². The van der Waals surface area contributed by atoms with Gasteiger partial charge in [0.2, 0.25) is 5.55 Å². The third-order valence-electron chi connectivity index (χ3n) is 5.59. The van der Waals surface area contributed by atoms with E-state index < -0.39 is 5.91 Å². The molecule has 0 atom stereocenters. The lowest BCUT2D eigenvalue weighted by Gasteiger charge is -2.06. The molecule has 2 aromatic heterocycles. The first-order valence-corrected chi connectivity index (χ1v) is 11.4. The Labute approximate surface area is 197 Å². The van der Waals surface area contributed by atoms with Crippen molar-refractivity contribution in [2.24, 2.45) is 5.10 Å². The van der Waals surface area contributed by atoms with E-state index in [0.717, 1.165) is 31.4 Å². The minimum absolute atomic E-state index is 0.122. The quantitative estimate of drug-likeness (QED) is 0.256. The van der Waals surface area contributed by atoms with Gasteiger partial charge in [-0.05, 0) is 47.2 Å². The molecule has 6 rings (SSSR count). The van der Waals surface area contributed by atoms with Crippen molar-refractivity contribution in [1.29, 1.82) is 0 Å². The number of carbonyl (C=O) groups is 1. The van der Waals surface area contributed by atoms with E-state index in [1.54, 1.807) is 12.1 Å². The highest BCUT2D eigenvalue weighted by molar-refractivity contribution is 7.21. The van der Waals surface area contributed by atoms with Crippen molar-refractivity contribution < 1.29 is 14.3 Å². The topological polar surface area (TPSA) is 87.7 Å². The molecule has 0 aliphatic carbocycles. The second-order valence-electron chi connectivity index (χ2n) is 7.72. The van der Waals surface area contributed by atoms with E-state index in [9.17, 15) is 9.90 Å². The van der Waals surface area contributed by atoms with Crippen LogP contribution in [0.4, 0.5) is 0 Å². The van der Waals surface area contributed by atoms with Gasteiger partial charge in [0.05, 0.1) is 21.3 Å². The maximum Gasteiger partial charge on any atom is 0.275 e. The summed E-state index contributed by atoms with van der Waals surface area (Å²) in [5.74, 6) is -0.661. The van der Waals surface area contributed by atoms with E-state index in [2.05, 4.69) is 16.6 Å². The molecule has 0 aliphatic rings. The van der Waals surface area contributed by atoms with E-state index in [0.29, 0.717) is 11.1 Å². The number of aromatic nitrogens is 1. The summed E-state index contributed by atoms with van der Waals surface area (Å²) in [7, 11) is 0. The Hall–Kier alpha value is -4.49. The van der Waals surface area contributed by atoms with E-state index in [1.165, 1.54) is 23.5 Å². The van der Waals surface area contributed by atoms with Crippen molar-refractivity contribution in [3.05, 3.63) is 102 Å². The fourth-order valence-corrected chi connectivity index (χ4v) is 4.90. The van der Waals surface area contributed by atoms with E-state index in [1.807, 2.05) is 60.7 Å².